The van der Waals surface area contributed by atoms with E-state index in [-0.39, 0.29) is 0 Å². The summed E-state index contributed by atoms with van der Waals surface area (Å²) in [4.78, 5) is 9.59. The lowest BCUT2D eigenvalue weighted by molar-refractivity contribution is 1.09. The van der Waals surface area contributed by atoms with Crippen LogP contribution < -0.4 is 0 Å². The van der Waals surface area contributed by atoms with Crippen molar-refractivity contribution >= 4 is 23.2 Å². The highest BCUT2D eigenvalue weighted by Gasteiger charge is 2.06. The van der Waals surface area contributed by atoms with Crippen molar-refractivity contribution < 1.29 is 0 Å². The van der Waals surface area contributed by atoms with Crippen molar-refractivity contribution in [3.8, 4) is 0 Å². The van der Waals surface area contributed by atoms with Gasteiger partial charge in [-0.05, 0) is 24.3 Å². The Morgan fingerprint density at radius 1 is 0.625 bits per heavy atom. The Kier molecular flexibility index (Phi) is 4.03. The normalized spacial score (nSPS) is 17.5. The number of hydrogen-bond acceptors (Lipinski definition) is 2. The number of rotatable bonds is 4. The van der Waals surface area contributed by atoms with Crippen molar-refractivity contribution in [2.45, 2.75) is 0 Å². The zero-order chi connectivity index (χ0) is 16.2. The summed E-state index contributed by atoms with van der Waals surface area (Å²) in [6.07, 6.45) is 25.4. The third-order valence-corrected chi connectivity index (χ3v) is 4.13. The maximum atomic E-state index is 4.80. The standard InChI is InChI=1S/C22H18N2/c1-2-8-17(7-1)13-15-21-22(16-14-18-9-3-4-10-18)24-20-12-6-5-11-19(20)23-21/h1-18H/b15-13+,16-14+. The number of fused-ring (bicyclic) bond motifs is 1. The molecule has 2 nitrogen and oxygen atoms in total. The van der Waals surface area contributed by atoms with E-state index in [1.165, 1.54) is 0 Å². The molecule has 1 aromatic carbocycles. The minimum Gasteiger partial charge on any atom is -0.245 e. The van der Waals surface area contributed by atoms with Gasteiger partial charge >= 0.3 is 0 Å². The van der Waals surface area contributed by atoms with Crippen molar-refractivity contribution in [2.75, 3.05) is 0 Å². The van der Waals surface area contributed by atoms with Crippen LogP contribution in [-0.2, 0) is 0 Å². The quantitative estimate of drug-likeness (QED) is 0.781. The fourth-order valence-electron chi connectivity index (χ4n) is 2.83. The Labute approximate surface area is 142 Å². The van der Waals surface area contributed by atoms with Crippen LogP contribution in [0.15, 0.2) is 85.0 Å². The predicted molar refractivity (Wildman–Crippen MR) is 101 cm³/mol. The Morgan fingerprint density at radius 2 is 1.04 bits per heavy atom. The first-order chi connectivity index (χ1) is 11.9. The van der Waals surface area contributed by atoms with Gasteiger partial charge in [-0.2, -0.15) is 0 Å². The molecule has 24 heavy (non-hydrogen) atoms. The van der Waals surface area contributed by atoms with Crippen molar-refractivity contribution in [3.05, 3.63) is 96.4 Å². The molecule has 0 saturated carbocycles. The summed E-state index contributed by atoms with van der Waals surface area (Å²) in [5, 5.41) is 0. The second-order valence-electron chi connectivity index (χ2n) is 5.90. The lowest BCUT2D eigenvalue weighted by Crippen LogP contribution is -1.95. The molecular weight excluding hydrogens is 292 g/mol. The molecule has 116 valence electrons. The lowest BCUT2D eigenvalue weighted by Gasteiger charge is -2.05. The average molecular weight is 310 g/mol. The summed E-state index contributed by atoms with van der Waals surface area (Å²) >= 11 is 0. The van der Waals surface area contributed by atoms with E-state index in [1.54, 1.807) is 0 Å². The van der Waals surface area contributed by atoms with E-state index in [9.17, 15) is 0 Å². The molecular formula is C22H18N2. The molecule has 0 unspecified atom stereocenters. The Bertz CT molecular complexity index is 826. The van der Waals surface area contributed by atoms with Gasteiger partial charge in [0.2, 0.25) is 0 Å². The summed E-state index contributed by atoms with van der Waals surface area (Å²) < 4.78 is 0. The highest BCUT2D eigenvalue weighted by Crippen LogP contribution is 2.19. The van der Waals surface area contributed by atoms with Gasteiger partial charge in [-0.3, -0.25) is 0 Å². The monoisotopic (exact) mass is 310 g/mol. The van der Waals surface area contributed by atoms with Gasteiger partial charge in [-0.15, -0.1) is 0 Å². The Balaban J connectivity index is 1.72. The lowest BCUT2D eigenvalue weighted by atomic mass is 10.1. The highest BCUT2D eigenvalue weighted by molar-refractivity contribution is 5.78. The molecule has 2 heteroatoms. The molecule has 2 aromatic rings. The van der Waals surface area contributed by atoms with Crippen LogP contribution in [0.5, 0.6) is 0 Å². The number of hydrogen-bond donors (Lipinski definition) is 0. The number of allylic oxidation sites excluding steroid dienone is 10. The van der Waals surface area contributed by atoms with E-state index in [0.29, 0.717) is 11.8 Å². The van der Waals surface area contributed by atoms with Crippen LogP contribution in [0.2, 0.25) is 0 Å². The first kappa shape index (κ1) is 14.6. The third kappa shape index (κ3) is 3.18. The predicted octanol–water partition coefficient (Wildman–Crippen LogP) is 5.14. The van der Waals surface area contributed by atoms with Crippen LogP contribution in [-0.4, -0.2) is 9.97 Å². The summed E-state index contributed by atoms with van der Waals surface area (Å²) in [5.74, 6) is 0.687. The summed E-state index contributed by atoms with van der Waals surface area (Å²) in [5.41, 5.74) is 3.66. The average Bonchev–Trinajstić information content (AvgIpc) is 3.31. The van der Waals surface area contributed by atoms with Crippen molar-refractivity contribution in [2.24, 2.45) is 11.8 Å². The van der Waals surface area contributed by atoms with Crippen LogP contribution >= 0.6 is 0 Å². The molecule has 0 saturated heterocycles. The zero-order valence-electron chi connectivity index (χ0n) is 13.3. The Morgan fingerprint density at radius 3 is 1.46 bits per heavy atom. The summed E-state index contributed by atoms with van der Waals surface area (Å²) in [6.45, 7) is 0. The van der Waals surface area contributed by atoms with Crippen molar-refractivity contribution in [1.82, 2.24) is 9.97 Å². The van der Waals surface area contributed by atoms with Gasteiger partial charge in [0, 0.05) is 11.8 Å². The molecule has 0 fully saturated rings. The van der Waals surface area contributed by atoms with E-state index in [2.05, 4.69) is 72.9 Å². The fraction of sp³-hybridized carbons (Fsp3) is 0.0909. The van der Waals surface area contributed by atoms with E-state index in [1.807, 2.05) is 24.3 Å². The molecule has 0 radical (unpaired) electrons. The number of para-hydroxylation sites is 2. The summed E-state index contributed by atoms with van der Waals surface area (Å²) in [6, 6.07) is 8.00. The smallest absolute Gasteiger partial charge is 0.0894 e. The van der Waals surface area contributed by atoms with Crippen molar-refractivity contribution in [1.29, 1.82) is 0 Å². The van der Waals surface area contributed by atoms with Gasteiger partial charge in [0.05, 0.1) is 22.4 Å². The first-order valence-corrected chi connectivity index (χ1v) is 8.22. The van der Waals surface area contributed by atoms with Gasteiger partial charge in [0.25, 0.3) is 0 Å². The third-order valence-electron chi connectivity index (χ3n) is 4.13. The largest absolute Gasteiger partial charge is 0.245 e. The van der Waals surface area contributed by atoms with Gasteiger partial charge in [-0.1, -0.05) is 72.9 Å². The molecule has 2 aliphatic rings. The number of benzene rings is 1. The second kappa shape index (κ2) is 6.63. The van der Waals surface area contributed by atoms with Gasteiger partial charge in [-0.25, -0.2) is 9.97 Å². The van der Waals surface area contributed by atoms with E-state index < -0.39 is 0 Å². The molecule has 0 atom stereocenters. The minimum atomic E-state index is 0.343. The van der Waals surface area contributed by atoms with Gasteiger partial charge < -0.3 is 0 Å². The SMILES string of the molecule is C1=CC(/C=C/c2nc3ccccc3nc2/C=C/C2C=CC=C2)C=C1. The Hall–Kier alpha value is -3.00. The molecule has 2 aliphatic carbocycles. The van der Waals surface area contributed by atoms with Crippen LogP contribution in [0.25, 0.3) is 23.2 Å². The first-order valence-electron chi connectivity index (χ1n) is 8.22. The number of nitrogens with zero attached hydrogens (tertiary/aromatic N) is 2. The number of aromatic nitrogens is 2. The second-order valence-corrected chi connectivity index (χ2v) is 5.90. The molecule has 1 aromatic heterocycles. The molecule has 0 spiro atoms. The van der Waals surface area contributed by atoms with Crippen LogP contribution in [0.1, 0.15) is 11.4 Å². The van der Waals surface area contributed by atoms with Crippen LogP contribution in [0, 0.1) is 11.8 Å². The molecule has 4 rings (SSSR count). The van der Waals surface area contributed by atoms with Crippen LogP contribution in [0.4, 0.5) is 0 Å². The van der Waals surface area contributed by atoms with E-state index in [0.717, 1.165) is 22.4 Å². The van der Waals surface area contributed by atoms with Gasteiger partial charge in [0.15, 0.2) is 0 Å². The van der Waals surface area contributed by atoms with Crippen molar-refractivity contribution in [3.63, 3.8) is 0 Å². The zero-order valence-corrected chi connectivity index (χ0v) is 13.3. The molecule has 1 heterocycles. The topological polar surface area (TPSA) is 25.8 Å². The maximum absolute atomic E-state index is 4.80. The highest BCUT2D eigenvalue weighted by atomic mass is 14.8. The maximum Gasteiger partial charge on any atom is 0.0894 e. The summed E-state index contributed by atoms with van der Waals surface area (Å²) in [7, 11) is 0. The van der Waals surface area contributed by atoms with E-state index in [4.69, 9.17) is 9.97 Å². The molecule has 0 N–H and O–H groups in total. The molecule has 0 amide bonds. The minimum absolute atomic E-state index is 0.343. The molecule has 0 aliphatic heterocycles. The van der Waals surface area contributed by atoms with Crippen LogP contribution in [0.3, 0.4) is 0 Å². The fourth-order valence-corrected chi connectivity index (χ4v) is 2.83. The molecule has 0 bridgehead atoms. The van der Waals surface area contributed by atoms with E-state index >= 15 is 0 Å². The van der Waals surface area contributed by atoms with Gasteiger partial charge in [0.1, 0.15) is 0 Å².